The number of fused-ring (bicyclic) bond motifs is 1. The predicted molar refractivity (Wildman–Crippen MR) is 70.0 cm³/mol. The minimum absolute atomic E-state index is 0.0230. The molecule has 1 aromatic heterocycles. The van der Waals surface area contributed by atoms with Gasteiger partial charge in [0.25, 0.3) is 0 Å². The van der Waals surface area contributed by atoms with Crippen LogP contribution in [0, 0.1) is 0 Å². The Morgan fingerprint density at radius 1 is 1.26 bits per heavy atom. The highest BCUT2D eigenvalue weighted by molar-refractivity contribution is 5.84. The summed E-state index contributed by atoms with van der Waals surface area (Å²) in [5, 5.41) is 0.857. The second-order valence-corrected chi connectivity index (χ2v) is 4.79. The second-order valence-electron chi connectivity index (χ2n) is 4.79. The van der Waals surface area contributed by atoms with Gasteiger partial charge < -0.3 is 10.3 Å². The Morgan fingerprint density at radius 3 is 2.58 bits per heavy atom. The van der Waals surface area contributed by atoms with Crippen molar-refractivity contribution in [2.45, 2.75) is 38.5 Å². The van der Waals surface area contributed by atoms with Gasteiger partial charge in [-0.05, 0) is 24.5 Å². The molecule has 2 nitrogen and oxygen atoms in total. The van der Waals surface area contributed by atoms with Gasteiger partial charge in [-0.15, -0.1) is 0 Å². The normalized spacial score (nSPS) is 13.9. The van der Waals surface area contributed by atoms with Crippen LogP contribution in [0.15, 0.2) is 30.5 Å². The third-order valence-electron chi connectivity index (χ3n) is 3.23. The first-order valence-electron chi connectivity index (χ1n) is 6.30. The van der Waals surface area contributed by atoms with Crippen molar-refractivity contribution in [1.29, 1.82) is 0 Å². The van der Waals surface area contributed by atoms with Gasteiger partial charge in [-0.3, -0.25) is 0 Å². The lowest BCUT2D eigenvalue weighted by Crippen LogP contribution is -2.21. The summed E-state index contributed by atoms with van der Waals surface area (Å²) in [5.74, 6) is 0. The maximum Gasteiger partial charge on any atom is 0.406 e. The molecule has 5 heteroatoms. The van der Waals surface area contributed by atoms with Gasteiger partial charge in [-0.1, -0.05) is 25.1 Å². The van der Waals surface area contributed by atoms with E-state index >= 15 is 0 Å². The molecule has 0 aliphatic heterocycles. The molecule has 1 unspecified atom stereocenters. The highest BCUT2D eigenvalue weighted by Gasteiger charge is 2.28. The fourth-order valence-corrected chi connectivity index (χ4v) is 2.24. The molecule has 0 bridgehead atoms. The minimum atomic E-state index is -4.22. The molecule has 0 radical (unpaired) electrons. The van der Waals surface area contributed by atoms with E-state index in [1.165, 1.54) is 4.57 Å². The molecule has 0 saturated carbocycles. The van der Waals surface area contributed by atoms with Crippen molar-refractivity contribution in [2.24, 2.45) is 5.73 Å². The molecule has 0 aliphatic carbocycles. The standard InChI is InChI=1S/C14H17F3N2/c1-2-11(18)7-10-8-19(9-14(15,16)17)13-6-4-3-5-12(10)13/h3-6,8,11H,2,7,9,18H2,1H3. The van der Waals surface area contributed by atoms with Gasteiger partial charge in [0.05, 0.1) is 0 Å². The third kappa shape index (κ3) is 3.29. The molecule has 0 aliphatic rings. The molecule has 0 spiro atoms. The summed E-state index contributed by atoms with van der Waals surface area (Å²) < 4.78 is 38.9. The number of para-hydroxylation sites is 1. The number of benzene rings is 1. The Labute approximate surface area is 110 Å². The molecular formula is C14H17F3N2. The van der Waals surface area contributed by atoms with Crippen LogP contribution in [0.5, 0.6) is 0 Å². The van der Waals surface area contributed by atoms with Crippen molar-refractivity contribution >= 4 is 10.9 Å². The number of hydrogen-bond acceptors (Lipinski definition) is 1. The molecule has 0 fully saturated rings. The summed E-state index contributed by atoms with van der Waals surface area (Å²) in [4.78, 5) is 0. The van der Waals surface area contributed by atoms with Crippen molar-refractivity contribution < 1.29 is 13.2 Å². The van der Waals surface area contributed by atoms with E-state index in [-0.39, 0.29) is 6.04 Å². The highest BCUT2D eigenvalue weighted by atomic mass is 19.4. The number of hydrogen-bond donors (Lipinski definition) is 1. The molecule has 1 heterocycles. The van der Waals surface area contributed by atoms with E-state index in [0.29, 0.717) is 11.9 Å². The second kappa shape index (κ2) is 5.25. The molecule has 0 saturated heterocycles. The lowest BCUT2D eigenvalue weighted by molar-refractivity contribution is -0.139. The van der Waals surface area contributed by atoms with Crippen molar-refractivity contribution in [3.63, 3.8) is 0 Å². The summed E-state index contributed by atoms with van der Waals surface area (Å²) in [6.45, 7) is 1.01. The molecule has 104 valence electrons. The van der Waals surface area contributed by atoms with Crippen LogP contribution in [0.25, 0.3) is 10.9 Å². The van der Waals surface area contributed by atoms with E-state index in [9.17, 15) is 13.2 Å². The van der Waals surface area contributed by atoms with Crippen LogP contribution in [-0.4, -0.2) is 16.8 Å². The quantitative estimate of drug-likeness (QED) is 0.906. The zero-order valence-electron chi connectivity index (χ0n) is 10.7. The van der Waals surface area contributed by atoms with Crippen LogP contribution in [-0.2, 0) is 13.0 Å². The van der Waals surface area contributed by atoms with E-state index in [0.717, 1.165) is 17.4 Å². The first-order valence-corrected chi connectivity index (χ1v) is 6.30. The zero-order valence-corrected chi connectivity index (χ0v) is 10.7. The van der Waals surface area contributed by atoms with Crippen LogP contribution in [0.3, 0.4) is 0 Å². The lowest BCUT2D eigenvalue weighted by Gasteiger charge is -2.08. The fraction of sp³-hybridized carbons (Fsp3) is 0.429. The van der Waals surface area contributed by atoms with Gasteiger partial charge in [0, 0.05) is 23.1 Å². The summed E-state index contributed by atoms with van der Waals surface area (Å²) in [6, 6.07) is 7.12. The maximum atomic E-state index is 12.6. The molecular weight excluding hydrogens is 253 g/mol. The Kier molecular flexibility index (Phi) is 3.85. The molecule has 1 atom stereocenters. The van der Waals surface area contributed by atoms with Gasteiger partial charge in [-0.25, -0.2) is 0 Å². The van der Waals surface area contributed by atoms with E-state index < -0.39 is 12.7 Å². The van der Waals surface area contributed by atoms with Crippen LogP contribution < -0.4 is 5.73 Å². The third-order valence-corrected chi connectivity index (χ3v) is 3.23. The van der Waals surface area contributed by atoms with Gasteiger partial charge in [0.15, 0.2) is 0 Å². The first kappa shape index (κ1) is 13.9. The van der Waals surface area contributed by atoms with Crippen molar-refractivity contribution in [1.82, 2.24) is 4.57 Å². The van der Waals surface area contributed by atoms with Crippen LogP contribution in [0.1, 0.15) is 18.9 Å². The number of aromatic nitrogens is 1. The summed E-state index contributed by atoms with van der Waals surface area (Å²) >= 11 is 0. The van der Waals surface area contributed by atoms with Crippen LogP contribution >= 0.6 is 0 Å². The molecule has 2 aromatic rings. The predicted octanol–water partition coefficient (Wildman–Crippen LogP) is 3.48. The maximum absolute atomic E-state index is 12.6. The van der Waals surface area contributed by atoms with E-state index in [1.807, 2.05) is 19.1 Å². The molecule has 2 rings (SSSR count). The van der Waals surface area contributed by atoms with Crippen molar-refractivity contribution in [3.05, 3.63) is 36.0 Å². The van der Waals surface area contributed by atoms with Crippen LogP contribution in [0.4, 0.5) is 13.2 Å². The number of nitrogens with two attached hydrogens (primary N) is 1. The van der Waals surface area contributed by atoms with Crippen molar-refractivity contribution in [2.75, 3.05) is 0 Å². The van der Waals surface area contributed by atoms with E-state index in [1.54, 1.807) is 18.3 Å². The van der Waals surface area contributed by atoms with E-state index in [2.05, 4.69) is 0 Å². The van der Waals surface area contributed by atoms with Gasteiger partial charge in [0.2, 0.25) is 0 Å². The summed E-state index contributed by atoms with van der Waals surface area (Å²) in [7, 11) is 0. The van der Waals surface area contributed by atoms with Gasteiger partial charge in [0.1, 0.15) is 6.54 Å². The Hall–Kier alpha value is -1.49. The zero-order chi connectivity index (χ0) is 14.0. The largest absolute Gasteiger partial charge is 0.406 e. The van der Waals surface area contributed by atoms with Gasteiger partial charge >= 0.3 is 6.18 Å². The topological polar surface area (TPSA) is 30.9 Å². The monoisotopic (exact) mass is 270 g/mol. The summed E-state index contributed by atoms with van der Waals surface area (Å²) in [5.41, 5.74) is 7.39. The smallest absolute Gasteiger partial charge is 0.338 e. The lowest BCUT2D eigenvalue weighted by atomic mass is 10.0. The number of nitrogens with zero attached hydrogens (tertiary/aromatic N) is 1. The molecule has 1 aromatic carbocycles. The SMILES string of the molecule is CCC(N)Cc1cn(CC(F)(F)F)c2ccccc12. The van der Waals surface area contributed by atoms with Crippen LogP contribution in [0.2, 0.25) is 0 Å². The van der Waals surface area contributed by atoms with E-state index in [4.69, 9.17) is 5.73 Å². The molecule has 2 N–H and O–H groups in total. The Balaban J connectivity index is 2.42. The number of halogens is 3. The Morgan fingerprint density at radius 2 is 1.95 bits per heavy atom. The fourth-order valence-electron chi connectivity index (χ4n) is 2.24. The minimum Gasteiger partial charge on any atom is -0.338 e. The summed E-state index contributed by atoms with van der Waals surface area (Å²) in [6.07, 6.45) is -1.24. The number of alkyl halides is 3. The molecule has 0 amide bonds. The molecule has 19 heavy (non-hydrogen) atoms. The number of rotatable bonds is 4. The average molecular weight is 270 g/mol. The van der Waals surface area contributed by atoms with Gasteiger partial charge in [-0.2, -0.15) is 13.2 Å². The Bertz CT molecular complexity index is 557. The highest BCUT2D eigenvalue weighted by Crippen LogP contribution is 2.26. The first-order chi connectivity index (χ1) is 8.90. The average Bonchev–Trinajstić information content (AvgIpc) is 2.66. The van der Waals surface area contributed by atoms with Crippen molar-refractivity contribution in [3.8, 4) is 0 Å².